The minimum absolute atomic E-state index is 0.174. The number of hydrogen-bond acceptors (Lipinski definition) is 7. The second kappa shape index (κ2) is 12.0. The minimum atomic E-state index is -3.64. The van der Waals surface area contributed by atoms with Crippen LogP contribution in [0.25, 0.3) is 10.2 Å². The highest BCUT2D eigenvalue weighted by Crippen LogP contribution is 2.37. The van der Waals surface area contributed by atoms with E-state index >= 15 is 0 Å². The van der Waals surface area contributed by atoms with Crippen molar-refractivity contribution in [2.75, 3.05) is 25.1 Å². The Morgan fingerprint density at radius 3 is 2.32 bits per heavy atom. The van der Waals surface area contributed by atoms with E-state index in [2.05, 4.69) is 4.98 Å². The Kier molecular flexibility index (Phi) is 8.76. The van der Waals surface area contributed by atoms with Crippen LogP contribution in [0.3, 0.4) is 0 Å². The molecule has 0 N–H and O–H groups in total. The number of fused-ring (bicyclic) bond motifs is 1. The Labute approximate surface area is 228 Å². The molecule has 2 heterocycles. The number of sulfonamides is 1. The number of anilines is 1. The third-order valence-electron chi connectivity index (χ3n) is 6.12. The molecular formula is C28H32N4O4S2. The molecule has 0 aliphatic rings. The standard InChI is InChI=1S/C28H32N4O4S2/c1-5-17-31(18-6-2)38(34,35)23-13-11-21(12-14-23)27(33)32(19-22-9-7-8-16-29-22)28-30-25-24(36-4)15-10-20(3)26(25)37-28/h7-16H,5-6,17-19H2,1-4H3. The van der Waals surface area contributed by atoms with Gasteiger partial charge in [-0.25, -0.2) is 13.4 Å². The lowest BCUT2D eigenvalue weighted by atomic mass is 10.2. The van der Waals surface area contributed by atoms with Crippen molar-refractivity contribution in [3.05, 3.63) is 77.6 Å². The van der Waals surface area contributed by atoms with Crippen molar-refractivity contribution >= 4 is 42.6 Å². The fourth-order valence-electron chi connectivity index (χ4n) is 4.18. The predicted octanol–water partition coefficient (Wildman–Crippen LogP) is 5.67. The maximum Gasteiger partial charge on any atom is 0.260 e. The van der Waals surface area contributed by atoms with Crippen LogP contribution in [-0.2, 0) is 16.6 Å². The van der Waals surface area contributed by atoms with E-state index in [1.54, 1.807) is 30.3 Å². The second-order valence-corrected chi connectivity index (χ2v) is 11.8. The van der Waals surface area contributed by atoms with Crippen molar-refractivity contribution in [2.24, 2.45) is 0 Å². The number of rotatable bonds is 11. The van der Waals surface area contributed by atoms with Gasteiger partial charge < -0.3 is 4.74 Å². The van der Waals surface area contributed by atoms with Gasteiger partial charge in [0.1, 0.15) is 11.3 Å². The molecular weight excluding hydrogens is 520 g/mol. The van der Waals surface area contributed by atoms with Crippen molar-refractivity contribution < 1.29 is 17.9 Å². The maximum absolute atomic E-state index is 13.8. The number of carbonyl (C=O) groups excluding carboxylic acids is 1. The molecule has 2 aromatic heterocycles. The summed E-state index contributed by atoms with van der Waals surface area (Å²) < 4.78 is 34.3. The quantitative estimate of drug-likeness (QED) is 0.238. The average molecular weight is 553 g/mol. The van der Waals surface area contributed by atoms with Crippen molar-refractivity contribution in [3.8, 4) is 5.75 Å². The topological polar surface area (TPSA) is 92.7 Å². The van der Waals surface area contributed by atoms with Crippen molar-refractivity contribution in [3.63, 3.8) is 0 Å². The van der Waals surface area contributed by atoms with Gasteiger partial charge in [-0.15, -0.1) is 0 Å². The molecule has 38 heavy (non-hydrogen) atoms. The summed E-state index contributed by atoms with van der Waals surface area (Å²) in [5.41, 5.74) is 2.80. The lowest BCUT2D eigenvalue weighted by Gasteiger charge is -2.22. The van der Waals surface area contributed by atoms with Crippen LogP contribution in [0.4, 0.5) is 5.13 Å². The highest BCUT2D eigenvalue weighted by molar-refractivity contribution is 7.89. The Morgan fingerprint density at radius 2 is 1.71 bits per heavy atom. The Morgan fingerprint density at radius 1 is 1.00 bits per heavy atom. The van der Waals surface area contributed by atoms with Crippen LogP contribution >= 0.6 is 11.3 Å². The van der Waals surface area contributed by atoms with Gasteiger partial charge in [-0.2, -0.15) is 4.31 Å². The summed E-state index contributed by atoms with van der Waals surface area (Å²) in [4.78, 5) is 24.8. The molecule has 0 spiro atoms. The van der Waals surface area contributed by atoms with E-state index in [-0.39, 0.29) is 17.3 Å². The lowest BCUT2D eigenvalue weighted by molar-refractivity contribution is 0.0984. The molecule has 200 valence electrons. The summed E-state index contributed by atoms with van der Waals surface area (Å²) in [6.07, 6.45) is 3.14. The van der Waals surface area contributed by atoms with Crippen LogP contribution in [0.15, 0.2) is 65.7 Å². The van der Waals surface area contributed by atoms with Crippen LogP contribution in [-0.4, -0.2) is 48.8 Å². The fourth-order valence-corrected chi connectivity index (χ4v) is 6.86. The molecule has 4 rings (SSSR count). The number of pyridine rings is 1. The van der Waals surface area contributed by atoms with E-state index < -0.39 is 10.0 Å². The number of benzene rings is 2. The van der Waals surface area contributed by atoms with Crippen LogP contribution in [0, 0.1) is 6.92 Å². The summed E-state index contributed by atoms with van der Waals surface area (Å²) in [5.74, 6) is 0.339. The lowest BCUT2D eigenvalue weighted by Crippen LogP contribution is -2.33. The largest absolute Gasteiger partial charge is 0.494 e. The molecule has 0 unspecified atom stereocenters. The molecule has 0 aliphatic heterocycles. The summed E-state index contributed by atoms with van der Waals surface area (Å²) >= 11 is 1.41. The first-order chi connectivity index (χ1) is 18.3. The summed E-state index contributed by atoms with van der Waals surface area (Å²) in [7, 11) is -2.05. The molecule has 2 aromatic carbocycles. The highest BCUT2D eigenvalue weighted by atomic mass is 32.2. The van der Waals surface area contributed by atoms with Gasteiger partial charge in [0.25, 0.3) is 5.91 Å². The zero-order chi connectivity index (χ0) is 27.3. The van der Waals surface area contributed by atoms with E-state index in [0.29, 0.717) is 40.7 Å². The maximum atomic E-state index is 13.8. The average Bonchev–Trinajstić information content (AvgIpc) is 3.38. The van der Waals surface area contributed by atoms with Gasteiger partial charge in [0.2, 0.25) is 10.0 Å². The third-order valence-corrected chi connectivity index (χ3v) is 9.25. The first-order valence-electron chi connectivity index (χ1n) is 12.6. The highest BCUT2D eigenvalue weighted by Gasteiger charge is 2.26. The molecule has 0 radical (unpaired) electrons. The van der Waals surface area contributed by atoms with E-state index in [9.17, 15) is 13.2 Å². The molecule has 8 nitrogen and oxygen atoms in total. The van der Waals surface area contributed by atoms with Crippen LogP contribution in [0.1, 0.15) is 48.3 Å². The zero-order valence-electron chi connectivity index (χ0n) is 22.0. The van der Waals surface area contributed by atoms with Crippen LogP contribution in [0.2, 0.25) is 0 Å². The molecule has 10 heteroatoms. The minimum Gasteiger partial charge on any atom is -0.494 e. The number of ether oxygens (including phenoxy) is 1. The first kappa shape index (κ1) is 27.7. The number of aromatic nitrogens is 2. The molecule has 0 atom stereocenters. The predicted molar refractivity (Wildman–Crippen MR) is 151 cm³/mol. The Balaban J connectivity index is 1.72. The zero-order valence-corrected chi connectivity index (χ0v) is 23.7. The Bertz CT molecular complexity index is 1500. The van der Waals surface area contributed by atoms with E-state index in [4.69, 9.17) is 9.72 Å². The summed E-state index contributed by atoms with van der Waals surface area (Å²) in [6.45, 7) is 7.02. The van der Waals surface area contributed by atoms with Gasteiger partial charge in [-0.1, -0.05) is 37.3 Å². The fraction of sp³-hybridized carbons (Fsp3) is 0.321. The number of aryl methyl sites for hydroxylation is 1. The number of nitrogens with zero attached hydrogens (tertiary/aromatic N) is 4. The van der Waals surface area contributed by atoms with Gasteiger partial charge in [-0.3, -0.25) is 14.7 Å². The van der Waals surface area contributed by atoms with E-state index in [1.165, 1.54) is 27.8 Å². The summed E-state index contributed by atoms with van der Waals surface area (Å²) in [5, 5.41) is 0.511. The van der Waals surface area contributed by atoms with Crippen LogP contribution < -0.4 is 9.64 Å². The van der Waals surface area contributed by atoms with E-state index in [0.717, 1.165) is 23.1 Å². The monoisotopic (exact) mass is 552 g/mol. The van der Waals surface area contributed by atoms with Gasteiger partial charge >= 0.3 is 0 Å². The Hall–Kier alpha value is -3.34. The van der Waals surface area contributed by atoms with Crippen molar-refractivity contribution in [1.82, 2.24) is 14.3 Å². The molecule has 1 amide bonds. The molecule has 0 bridgehead atoms. The number of hydrogen-bond donors (Lipinski definition) is 0. The first-order valence-corrected chi connectivity index (χ1v) is 14.8. The molecule has 4 aromatic rings. The number of thiazole rings is 1. The molecule has 0 saturated heterocycles. The third kappa shape index (κ3) is 5.72. The second-order valence-electron chi connectivity index (χ2n) is 8.90. The van der Waals surface area contributed by atoms with Crippen molar-refractivity contribution in [2.45, 2.75) is 45.1 Å². The van der Waals surface area contributed by atoms with E-state index in [1.807, 2.05) is 51.1 Å². The van der Waals surface area contributed by atoms with Crippen LogP contribution in [0.5, 0.6) is 5.75 Å². The summed E-state index contributed by atoms with van der Waals surface area (Å²) in [6, 6.07) is 15.5. The number of carbonyl (C=O) groups is 1. The normalized spacial score (nSPS) is 11.7. The number of amides is 1. The van der Waals surface area contributed by atoms with Gasteiger partial charge in [0.05, 0.1) is 28.9 Å². The smallest absolute Gasteiger partial charge is 0.260 e. The molecule has 0 fully saturated rings. The SMILES string of the molecule is CCCN(CCC)S(=O)(=O)c1ccc(C(=O)N(Cc2ccccn2)c2nc3c(OC)ccc(C)c3s2)cc1. The molecule has 0 aliphatic carbocycles. The molecule has 0 saturated carbocycles. The van der Waals surface area contributed by atoms with Gasteiger partial charge in [0, 0.05) is 24.8 Å². The number of methoxy groups -OCH3 is 1. The van der Waals surface area contributed by atoms with Gasteiger partial charge in [0.15, 0.2) is 5.13 Å². The van der Waals surface area contributed by atoms with Gasteiger partial charge in [-0.05, 0) is 67.8 Å². The van der Waals surface area contributed by atoms with Crippen molar-refractivity contribution in [1.29, 1.82) is 0 Å².